The van der Waals surface area contributed by atoms with Crippen molar-refractivity contribution in [3.63, 3.8) is 0 Å². The van der Waals surface area contributed by atoms with Crippen LogP contribution >= 0.6 is 15.6 Å². The third kappa shape index (κ3) is 9.09. The summed E-state index contributed by atoms with van der Waals surface area (Å²) in [5.74, 6) is 0. The highest BCUT2D eigenvalue weighted by molar-refractivity contribution is 7.58. The van der Waals surface area contributed by atoms with Crippen molar-refractivity contribution in [1.29, 1.82) is 0 Å². The average molecular weight is 466 g/mol. The second-order valence-corrected chi connectivity index (χ2v) is 9.94. The second-order valence-electron chi connectivity index (χ2n) is 7.24. The summed E-state index contributed by atoms with van der Waals surface area (Å²) in [6.45, 7) is 6.21. The summed E-state index contributed by atoms with van der Waals surface area (Å²) in [5, 5.41) is 5.87. The molecule has 0 amide bonds. The summed E-state index contributed by atoms with van der Waals surface area (Å²) >= 11 is 0. The molecule has 31 heavy (non-hydrogen) atoms. The summed E-state index contributed by atoms with van der Waals surface area (Å²) in [6, 6.07) is 12.4. The molecule has 1 unspecified atom stereocenters. The lowest BCUT2D eigenvalue weighted by atomic mass is 10.0. The molecule has 2 rings (SSSR count). The number of rotatable bonds is 11. The molecule has 0 heterocycles. The van der Waals surface area contributed by atoms with E-state index in [-0.39, 0.29) is 0 Å². The van der Waals surface area contributed by atoms with E-state index in [2.05, 4.69) is 51.4 Å². The van der Waals surface area contributed by atoms with Crippen LogP contribution in [0.3, 0.4) is 0 Å². The largest absolute Gasteiger partial charge is 0.790 e. The molecule has 10 heteroatoms. The Bertz CT molecular complexity index is 1060. The number of hydrogen-bond donors (Lipinski definition) is 1. The van der Waals surface area contributed by atoms with Gasteiger partial charge in [0.05, 0.1) is 14.4 Å². The number of hydrogen-bond acceptors (Lipinski definition) is 8. The van der Waals surface area contributed by atoms with E-state index in [9.17, 15) is 23.8 Å². The first-order chi connectivity index (χ1) is 14.5. The summed E-state index contributed by atoms with van der Waals surface area (Å²) in [6.07, 6.45) is 4.99. The van der Waals surface area contributed by atoms with Gasteiger partial charge in [-0.1, -0.05) is 53.6 Å². The number of allylic oxidation sites excluding steroid dienone is 2. The molecule has 8 nitrogen and oxygen atoms in total. The van der Waals surface area contributed by atoms with Crippen molar-refractivity contribution < 1.29 is 32.6 Å². The standard InChI is InChI=1S/C21H29NO7P2/c1-16(13-14-28-31(26,27)29-30(23,24)25)7-4-8-17(2)15-22-21-12-6-10-19-18(3)9-5-11-20(19)21/h5-6,8-13,22H,4,7,14-15H2,1-3H3,(H,26,27)(H2,23,24,25)/p-3/b16-13+,17-8+. The third-order valence-electron chi connectivity index (χ3n) is 4.59. The van der Waals surface area contributed by atoms with E-state index in [1.54, 1.807) is 6.92 Å². The Balaban J connectivity index is 1.81. The maximum Gasteiger partial charge on any atom is 0.272 e. The van der Waals surface area contributed by atoms with E-state index < -0.39 is 22.3 Å². The molecule has 2 aromatic rings. The Morgan fingerprint density at radius 3 is 2.39 bits per heavy atom. The van der Waals surface area contributed by atoms with E-state index in [0.717, 1.165) is 23.3 Å². The zero-order chi connectivity index (χ0) is 23.1. The van der Waals surface area contributed by atoms with Crippen LogP contribution in [-0.2, 0) is 18.0 Å². The summed E-state index contributed by atoms with van der Waals surface area (Å²) in [5.41, 5.74) is 4.32. The number of anilines is 1. The van der Waals surface area contributed by atoms with E-state index in [0.29, 0.717) is 13.0 Å². The fourth-order valence-corrected chi connectivity index (χ4v) is 4.42. The molecule has 0 aliphatic carbocycles. The van der Waals surface area contributed by atoms with Crippen LogP contribution < -0.4 is 20.0 Å². The molecule has 1 atom stereocenters. The minimum Gasteiger partial charge on any atom is -0.790 e. The van der Waals surface area contributed by atoms with Gasteiger partial charge >= 0.3 is 0 Å². The second kappa shape index (κ2) is 11.2. The minimum atomic E-state index is -5.66. The highest BCUT2D eigenvalue weighted by atomic mass is 31.3. The van der Waals surface area contributed by atoms with Gasteiger partial charge in [0.2, 0.25) is 0 Å². The average Bonchev–Trinajstić information content (AvgIpc) is 2.64. The molecule has 1 N–H and O–H groups in total. The molecule has 0 saturated carbocycles. The van der Waals surface area contributed by atoms with Gasteiger partial charge in [0.25, 0.3) is 7.82 Å². The van der Waals surface area contributed by atoms with Gasteiger partial charge in [-0.3, -0.25) is 8.88 Å². The van der Waals surface area contributed by atoms with Gasteiger partial charge in [0.1, 0.15) is 0 Å². The van der Waals surface area contributed by atoms with Gasteiger partial charge < -0.3 is 29.1 Å². The number of phosphoric ester groups is 1. The van der Waals surface area contributed by atoms with E-state index in [1.807, 2.05) is 19.1 Å². The number of benzene rings is 2. The van der Waals surface area contributed by atoms with Gasteiger partial charge in [0.15, 0.2) is 0 Å². The van der Waals surface area contributed by atoms with Crippen molar-refractivity contribution in [3.8, 4) is 0 Å². The lowest BCUT2D eigenvalue weighted by molar-refractivity contribution is -0.339. The molecule has 0 aliphatic heterocycles. The van der Waals surface area contributed by atoms with Gasteiger partial charge in [-0.15, -0.1) is 0 Å². The molecule has 0 spiro atoms. The molecule has 0 radical (unpaired) electrons. The predicted molar refractivity (Wildman–Crippen MR) is 116 cm³/mol. The molecule has 170 valence electrons. The minimum absolute atomic E-state index is 0.405. The first kappa shape index (κ1) is 25.5. The van der Waals surface area contributed by atoms with Crippen molar-refractivity contribution in [3.05, 3.63) is 65.3 Å². The van der Waals surface area contributed by atoms with Crippen LogP contribution in [0, 0.1) is 6.92 Å². The summed E-state index contributed by atoms with van der Waals surface area (Å²) in [4.78, 5) is 31.9. The van der Waals surface area contributed by atoms with Crippen LogP contribution in [0.4, 0.5) is 5.69 Å². The zero-order valence-corrected chi connectivity index (χ0v) is 19.5. The lowest BCUT2D eigenvalue weighted by Crippen LogP contribution is -2.19. The monoisotopic (exact) mass is 466 g/mol. The normalized spacial score (nSPS) is 15.2. The van der Waals surface area contributed by atoms with Gasteiger partial charge in [-0.2, -0.15) is 0 Å². The smallest absolute Gasteiger partial charge is 0.272 e. The molecular weight excluding hydrogens is 440 g/mol. The van der Waals surface area contributed by atoms with Gasteiger partial charge in [-0.25, -0.2) is 0 Å². The highest BCUT2D eigenvalue weighted by Gasteiger charge is 2.10. The van der Waals surface area contributed by atoms with Crippen LogP contribution in [0.2, 0.25) is 0 Å². The zero-order valence-electron chi connectivity index (χ0n) is 17.7. The summed E-state index contributed by atoms with van der Waals surface area (Å²) in [7, 11) is -10.8. The predicted octanol–water partition coefficient (Wildman–Crippen LogP) is 3.56. The Morgan fingerprint density at radius 2 is 1.68 bits per heavy atom. The number of nitrogens with one attached hydrogen (secondary N) is 1. The van der Waals surface area contributed by atoms with Crippen molar-refractivity contribution in [2.45, 2.75) is 33.6 Å². The number of phosphoric acid groups is 2. The molecule has 0 fully saturated rings. The molecule has 2 aromatic carbocycles. The maximum absolute atomic E-state index is 11.2. The van der Waals surface area contributed by atoms with Gasteiger partial charge in [-0.05, 0) is 50.6 Å². The third-order valence-corrected chi connectivity index (χ3v) is 6.66. The molecule has 0 aliphatic rings. The fraction of sp³-hybridized carbons (Fsp3) is 0.333. The lowest BCUT2D eigenvalue weighted by Gasteiger charge is -2.34. The fourth-order valence-electron chi connectivity index (χ4n) is 2.99. The van der Waals surface area contributed by atoms with Crippen molar-refractivity contribution in [2.24, 2.45) is 0 Å². The Labute approximate surface area is 182 Å². The van der Waals surface area contributed by atoms with Crippen LogP contribution in [-0.4, -0.2) is 13.2 Å². The number of fused-ring (bicyclic) bond motifs is 1. The maximum atomic E-state index is 11.2. The van der Waals surface area contributed by atoms with Crippen molar-refractivity contribution in [1.82, 2.24) is 0 Å². The first-order valence-corrected chi connectivity index (χ1v) is 12.6. The van der Waals surface area contributed by atoms with Crippen LogP contribution in [0.25, 0.3) is 10.8 Å². The van der Waals surface area contributed by atoms with Crippen LogP contribution in [0.15, 0.2) is 59.7 Å². The van der Waals surface area contributed by atoms with Crippen molar-refractivity contribution >= 4 is 32.1 Å². The SMILES string of the molecule is C/C(=C\COP(=O)([O-])OP(=O)([O-])[O-])CC/C=C(\C)CNc1cccc2c(C)cccc12. The first-order valence-electron chi connectivity index (χ1n) is 9.69. The molecule has 0 saturated heterocycles. The van der Waals surface area contributed by atoms with E-state index in [1.165, 1.54) is 22.4 Å². The summed E-state index contributed by atoms with van der Waals surface area (Å²) < 4.78 is 29.3. The van der Waals surface area contributed by atoms with Gasteiger partial charge in [0, 0.05) is 17.6 Å². The Morgan fingerprint density at radius 1 is 1.00 bits per heavy atom. The highest BCUT2D eigenvalue weighted by Crippen LogP contribution is 2.50. The topological polar surface area (TPSA) is 134 Å². The molecular formula is C21H26NO7P2-3. The van der Waals surface area contributed by atoms with Crippen molar-refractivity contribution in [2.75, 3.05) is 18.5 Å². The molecule has 0 bridgehead atoms. The van der Waals surface area contributed by atoms with Crippen LogP contribution in [0.5, 0.6) is 0 Å². The Kier molecular flexibility index (Phi) is 9.22. The van der Waals surface area contributed by atoms with E-state index >= 15 is 0 Å². The molecule has 0 aromatic heterocycles. The quantitative estimate of drug-likeness (QED) is 0.392. The Hall–Kier alpha value is -1.76. The van der Waals surface area contributed by atoms with Crippen LogP contribution in [0.1, 0.15) is 32.3 Å². The van der Waals surface area contributed by atoms with E-state index in [4.69, 9.17) is 0 Å². The number of aryl methyl sites for hydroxylation is 1.